The SMILES string of the molecule is O=c1c2ccc(OCC3CCCO3)cc2ccn1-c1ccc(N2CCC(N3CCCCC3)C2)c(F)c1. The van der Waals surface area contributed by atoms with Crippen LogP contribution in [0.15, 0.2) is 53.5 Å². The maximum Gasteiger partial charge on any atom is 0.262 e. The Labute approximate surface area is 211 Å². The highest BCUT2D eigenvalue weighted by Crippen LogP contribution is 2.29. The Morgan fingerprint density at radius 3 is 2.67 bits per heavy atom. The Bertz CT molecular complexity index is 1280. The summed E-state index contributed by atoms with van der Waals surface area (Å²) in [5, 5.41) is 1.38. The van der Waals surface area contributed by atoms with Gasteiger partial charge in [-0.3, -0.25) is 14.3 Å². The van der Waals surface area contributed by atoms with E-state index < -0.39 is 0 Å². The molecule has 0 saturated carbocycles. The van der Waals surface area contributed by atoms with Crippen molar-refractivity contribution in [2.75, 3.05) is 44.3 Å². The molecule has 2 aromatic carbocycles. The van der Waals surface area contributed by atoms with Gasteiger partial charge in [-0.05, 0) is 87.0 Å². The minimum atomic E-state index is -0.281. The molecule has 0 bridgehead atoms. The fourth-order valence-electron chi connectivity index (χ4n) is 5.93. The average molecular weight is 492 g/mol. The van der Waals surface area contributed by atoms with Gasteiger partial charge in [-0.15, -0.1) is 0 Å². The molecule has 2 unspecified atom stereocenters. The van der Waals surface area contributed by atoms with Crippen LogP contribution in [-0.4, -0.2) is 61.0 Å². The topological polar surface area (TPSA) is 46.9 Å². The predicted octanol–water partition coefficient (Wildman–Crippen LogP) is 4.75. The molecule has 3 aliphatic rings. The van der Waals surface area contributed by atoms with Gasteiger partial charge < -0.3 is 14.4 Å². The molecule has 0 aliphatic carbocycles. The molecule has 7 heteroatoms. The van der Waals surface area contributed by atoms with Crippen molar-refractivity contribution in [1.82, 2.24) is 9.47 Å². The number of halogens is 1. The molecule has 1 aromatic heterocycles. The lowest BCUT2D eigenvalue weighted by molar-refractivity contribution is 0.0680. The van der Waals surface area contributed by atoms with Crippen LogP contribution in [0.1, 0.15) is 38.5 Å². The molecule has 3 saturated heterocycles. The highest BCUT2D eigenvalue weighted by atomic mass is 19.1. The van der Waals surface area contributed by atoms with Crippen LogP contribution in [-0.2, 0) is 4.74 Å². The lowest BCUT2D eigenvalue weighted by Crippen LogP contribution is -2.40. The molecule has 3 aromatic rings. The number of aromatic nitrogens is 1. The van der Waals surface area contributed by atoms with E-state index in [9.17, 15) is 4.79 Å². The third kappa shape index (κ3) is 4.74. The van der Waals surface area contributed by atoms with E-state index in [1.807, 2.05) is 30.3 Å². The van der Waals surface area contributed by atoms with E-state index in [-0.39, 0.29) is 17.5 Å². The zero-order chi connectivity index (χ0) is 24.5. The van der Waals surface area contributed by atoms with Crippen LogP contribution in [0.4, 0.5) is 10.1 Å². The number of pyridine rings is 1. The number of likely N-dealkylation sites (tertiary alicyclic amines) is 1. The smallest absolute Gasteiger partial charge is 0.262 e. The highest BCUT2D eigenvalue weighted by Gasteiger charge is 2.29. The molecule has 2 atom stereocenters. The summed E-state index contributed by atoms with van der Waals surface area (Å²) >= 11 is 0. The Hall–Kier alpha value is -2.90. The van der Waals surface area contributed by atoms with E-state index in [1.54, 1.807) is 12.3 Å². The Morgan fingerprint density at radius 1 is 0.972 bits per heavy atom. The summed E-state index contributed by atoms with van der Waals surface area (Å²) in [7, 11) is 0. The molecule has 0 amide bonds. The number of anilines is 1. The molecule has 0 radical (unpaired) electrons. The molecule has 0 spiro atoms. The number of hydrogen-bond donors (Lipinski definition) is 0. The lowest BCUT2D eigenvalue weighted by atomic mass is 10.1. The zero-order valence-corrected chi connectivity index (χ0v) is 20.7. The first-order valence-electron chi connectivity index (χ1n) is 13.3. The van der Waals surface area contributed by atoms with E-state index in [2.05, 4.69) is 9.80 Å². The molecular formula is C29H34FN3O3. The van der Waals surface area contributed by atoms with Crippen LogP contribution in [0.2, 0.25) is 0 Å². The molecule has 0 N–H and O–H groups in total. The van der Waals surface area contributed by atoms with Crippen LogP contribution < -0.4 is 15.2 Å². The van der Waals surface area contributed by atoms with Gasteiger partial charge in [0.25, 0.3) is 5.56 Å². The second-order valence-corrected chi connectivity index (χ2v) is 10.3. The summed E-state index contributed by atoms with van der Waals surface area (Å²) in [6.07, 6.45) is 8.88. The standard InChI is InChI=1S/C29H34FN3O3/c30-27-18-22(6-9-28(27)32-14-11-23(19-32)31-12-2-1-3-13-31)33-15-10-21-17-24(7-8-26(21)29(33)34)36-20-25-5-4-16-35-25/h6-10,15,17-18,23,25H,1-5,11-14,16,19-20H2. The Morgan fingerprint density at radius 2 is 1.86 bits per heavy atom. The minimum Gasteiger partial charge on any atom is -0.491 e. The number of ether oxygens (including phenoxy) is 2. The molecule has 3 fully saturated rings. The first-order valence-corrected chi connectivity index (χ1v) is 13.3. The molecule has 4 heterocycles. The highest BCUT2D eigenvalue weighted by molar-refractivity contribution is 5.83. The molecule has 36 heavy (non-hydrogen) atoms. The number of hydrogen-bond acceptors (Lipinski definition) is 5. The van der Waals surface area contributed by atoms with E-state index in [1.165, 1.54) is 29.9 Å². The maximum absolute atomic E-state index is 15.3. The number of nitrogens with zero attached hydrogens (tertiary/aromatic N) is 3. The van der Waals surface area contributed by atoms with Gasteiger partial charge in [0.2, 0.25) is 0 Å². The monoisotopic (exact) mass is 491 g/mol. The van der Waals surface area contributed by atoms with Crippen molar-refractivity contribution < 1.29 is 13.9 Å². The Balaban J connectivity index is 1.18. The van der Waals surface area contributed by atoms with Gasteiger partial charge in [0.15, 0.2) is 0 Å². The second kappa shape index (κ2) is 10.2. The number of fused-ring (bicyclic) bond motifs is 1. The van der Waals surface area contributed by atoms with E-state index >= 15 is 4.39 Å². The van der Waals surface area contributed by atoms with Crippen LogP contribution >= 0.6 is 0 Å². The normalized spacial score (nSPS) is 23.0. The average Bonchev–Trinajstić information content (AvgIpc) is 3.61. The van der Waals surface area contributed by atoms with Crippen molar-refractivity contribution in [1.29, 1.82) is 0 Å². The van der Waals surface area contributed by atoms with Gasteiger partial charge in [0.05, 0.1) is 17.5 Å². The minimum absolute atomic E-state index is 0.141. The van der Waals surface area contributed by atoms with Gasteiger partial charge in [-0.25, -0.2) is 4.39 Å². The zero-order valence-electron chi connectivity index (χ0n) is 20.7. The summed E-state index contributed by atoms with van der Waals surface area (Å²) in [6.45, 7) is 5.36. The molecule has 6 rings (SSSR count). The fraction of sp³-hybridized carbons (Fsp3) is 0.483. The molecule has 6 nitrogen and oxygen atoms in total. The lowest BCUT2D eigenvalue weighted by Gasteiger charge is -2.32. The van der Waals surface area contributed by atoms with Crippen LogP contribution in [0.25, 0.3) is 16.5 Å². The Kier molecular flexibility index (Phi) is 6.67. The van der Waals surface area contributed by atoms with Crippen molar-refractivity contribution in [3.63, 3.8) is 0 Å². The maximum atomic E-state index is 15.3. The van der Waals surface area contributed by atoms with Crippen molar-refractivity contribution in [2.24, 2.45) is 0 Å². The van der Waals surface area contributed by atoms with Gasteiger partial charge in [-0.2, -0.15) is 0 Å². The van der Waals surface area contributed by atoms with Gasteiger partial charge in [-0.1, -0.05) is 6.42 Å². The first-order chi connectivity index (χ1) is 17.7. The molecular weight excluding hydrogens is 457 g/mol. The number of benzene rings is 2. The van der Waals surface area contributed by atoms with E-state index in [0.717, 1.165) is 63.2 Å². The van der Waals surface area contributed by atoms with Crippen molar-refractivity contribution in [3.05, 3.63) is 64.8 Å². The summed E-state index contributed by atoms with van der Waals surface area (Å²) < 4.78 is 28.3. The first kappa shape index (κ1) is 23.5. The fourth-order valence-corrected chi connectivity index (χ4v) is 5.93. The quantitative estimate of drug-likeness (QED) is 0.498. The number of rotatable bonds is 6. The second-order valence-electron chi connectivity index (χ2n) is 10.3. The summed E-state index contributed by atoms with van der Waals surface area (Å²) in [4.78, 5) is 18.0. The molecule has 3 aliphatic heterocycles. The predicted molar refractivity (Wildman–Crippen MR) is 140 cm³/mol. The van der Waals surface area contributed by atoms with Crippen LogP contribution in [0, 0.1) is 5.82 Å². The van der Waals surface area contributed by atoms with Crippen LogP contribution in [0.3, 0.4) is 0 Å². The van der Waals surface area contributed by atoms with E-state index in [0.29, 0.717) is 29.4 Å². The number of piperidine rings is 1. The largest absolute Gasteiger partial charge is 0.491 e. The summed E-state index contributed by atoms with van der Waals surface area (Å²) in [6, 6.07) is 13.0. The van der Waals surface area contributed by atoms with Gasteiger partial charge >= 0.3 is 0 Å². The third-order valence-corrected chi connectivity index (χ3v) is 7.96. The third-order valence-electron chi connectivity index (χ3n) is 7.96. The molecule has 190 valence electrons. The van der Waals surface area contributed by atoms with E-state index in [4.69, 9.17) is 9.47 Å². The summed E-state index contributed by atoms with van der Waals surface area (Å²) in [5.74, 6) is 0.440. The van der Waals surface area contributed by atoms with Crippen molar-refractivity contribution in [2.45, 2.75) is 50.7 Å². The summed E-state index contributed by atoms with van der Waals surface area (Å²) in [5.41, 5.74) is 0.991. The van der Waals surface area contributed by atoms with Crippen LogP contribution in [0.5, 0.6) is 5.75 Å². The van der Waals surface area contributed by atoms with Crippen molar-refractivity contribution >= 4 is 16.5 Å². The van der Waals surface area contributed by atoms with Crippen molar-refractivity contribution in [3.8, 4) is 11.4 Å². The van der Waals surface area contributed by atoms with Gasteiger partial charge in [0.1, 0.15) is 18.2 Å². The van der Waals surface area contributed by atoms with Gasteiger partial charge in [0, 0.05) is 43.4 Å².